The third-order valence-electron chi connectivity index (χ3n) is 3.33. The van der Waals surface area contributed by atoms with Crippen LogP contribution < -0.4 is 4.74 Å². The SMILES string of the molecule is CCOc1cncc(C(C)(O)C2CCOC2)c1. The largest absolute Gasteiger partial charge is 0.492 e. The molecule has 1 aliphatic heterocycles. The fourth-order valence-corrected chi connectivity index (χ4v) is 2.15. The summed E-state index contributed by atoms with van der Waals surface area (Å²) >= 11 is 0. The molecule has 0 spiro atoms. The van der Waals surface area contributed by atoms with E-state index in [0.717, 1.165) is 18.6 Å². The third-order valence-corrected chi connectivity index (χ3v) is 3.33. The zero-order valence-corrected chi connectivity index (χ0v) is 10.3. The summed E-state index contributed by atoms with van der Waals surface area (Å²) in [6, 6.07) is 1.86. The first kappa shape index (κ1) is 12.3. The van der Waals surface area contributed by atoms with Gasteiger partial charge in [-0.2, -0.15) is 0 Å². The lowest BCUT2D eigenvalue weighted by Crippen LogP contribution is -2.32. The van der Waals surface area contributed by atoms with Gasteiger partial charge in [-0.3, -0.25) is 4.98 Å². The summed E-state index contributed by atoms with van der Waals surface area (Å²) in [5.74, 6) is 0.824. The van der Waals surface area contributed by atoms with Crippen LogP contribution in [0.1, 0.15) is 25.8 Å². The molecule has 1 N–H and O–H groups in total. The van der Waals surface area contributed by atoms with Gasteiger partial charge in [0.05, 0.1) is 25.0 Å². The minimum atomic E-state index is -0.906. The van der Waals surface area contributed by atoms with Gasteiger partial charge in [0, 0.05) is 24.3 Å². The number of rotatable bonds is 4. The zero-order valence-electron chi connectivity index (χ0n) is 10.3. The Balaban J connectivity index is 2.22. The van der Waals surface area contributed by atoms with Crippen molar-refractivity contribution in [3.05, 3.63) is 24.0 Å². The van der Waals surface area contributed by atoms with E-state index in [0.29, 0.717) is 19.0 Å². The number of hydrogen-bond acceptors (Lipinski definition) is 4. The predicted molar refractivity (Wildman–Crippen MR) is 63.9 cm³/mol. The summed E-state index contributed by atoms with van der Waals surface area (Å²) < 4.78 is 10.7. The van der Waals surface area contributed by atoms with E-state index in [9.17, 15) is 5.11 Å². The first-order valence-corrected chi connectivity index (χ1v) is 6.03. The molecule has 1 saturated heterocycles. The topological polar surface area (TPSA) is 51.6 Å². The summed E-state index contributed by atoms with van der Waals surface area (Å²) in [4.78, 5) is 4.12. The van der Waals surface area contributed by atoms with E-state index >= 15 is 0 Å². The molecule has 1 aliphatic rings. The number of aliphatic hydroxyl groups is 1. The summed E-state index contributed by atoms with van der Waals surface area (Å²) in [5.41, 5.74) is -0.115. The predicted octanol–water partition coefficient (Wildman–Crippen LogP) is 1.72. The molecule has 2 rings (SSSR count). The molecule has 4 heteroatoms. The van der Waals surface area contributed by atoms with Gasteiger partial charge in [-0.25, -0.2) is 0 Å². The maximum absolute atomic E-state index is 10.6. The van der Waals surface area contributed by atoms with Crippen LogP contribution >= 0.6 is 0 Å². The lowest BCUT2D eigenvalue weighted by atomic mass is 9.83. The van der Waals surface area contributed by atoms with Crippen molar-refractivity contribution in [1.29, 1.82) is 0 Å². The Labute approximate surface area is 102 Å². The Bertz CT molecular complexity index is 373. The monoisotopic (exact) mass is 237 g/mol. The number of pyridine rings is 1. The van der Waals surface area contributed by atoms with E-state index in [2.05, 4.69) is 4.98 Å². The van der Waals surface area contributed by atoms with Gasteiger partial charge in [-0.15, -0.1) is 0 Å². The molecule has 17 heavy (non-hydrogen) atoms. The molecular weight excluding hydrogens is 218 g/mol. The van der Waals surface area contributed by atoms with E-state index in [1.54, 1.807) is 12.4 Å². The average Bonchev–Trinajstić information content (AvgIpc) is 2.84. The van der Waals surface area contributed by atoms with Crippen LogP contribution in [0.25, 0.3) is 0 Å². The number of aromatic nitrogens is 1. The van der Waals surface area contributed by atoms with Gasteiger partial charge in [0.25, 0.3) is 0 Å². The quantitative estimate of drug-likeness (QED) is 0.866. The molecule has 0 amide bonds. The van der Waals surface area contributed by atoms with Crippen molar-refractivity contribution >= 4 is 0 Å². The third kappa shape index (κ3) is 2.58. The summed E-state index contributed by atoms with van der Waals surface area (Å²) in [6.45, 7) is 5.67. The molecule has 2 unspecified atom stereocenters. The van der Waals surface area contributed by atoms with Gasteiger partial charge in [-0.1, -0.05) is 0 Å². The van der Waals surface area contributed by atoms with E-state index in [1.165, 1.54) is 0 Å². The standard InChI is InChI=1S/C13H19NO3/c1-3-17-12-6-11(7-14-8-12)13(2,15)10-4-5-16-9-10/h6-8,10,15H,3-5,9H2,1-2H3. The second kappa shape index (κ2) is 5.02. The Morgan fingerprint density at radius 1 is 1.59 bits per heavy atom. The first-order valence-electron chi connectivity index (χ1n) is 6.03. The molecular formula is C13H19NO3. The molecule has 4 nitrogen and oxygen atoms in total. The van der Waals surface area contributed by atoms with Crippen LogP contribution in [0, 0.1) is 5.92 Å². The van der Waals surface area contributed by atoms with Crippen LogP contribution in [0.4, 0.5) is 0 Å². The van der Waals surface area contributed by atoms with Crippen molar-refractivity contribution in [2.45, 2.75) is 25.9 Å². The highest BCUT2D eigenvalue weighted by molar-refractivity contribution is 5.28. The number of nitrogens with zero attached hydrogens (tertiary/aromatic N) is 1. The smallest absolute Gasteiger partial charge is 0.137 e. The minimum Gasteiger partial charge on any atom is -0.492 e. The van der Waals surface area contributed by atoms with Crippen LogP contribution in [-0.4, -0.2) is 29.9 Å². The Morgan fingerprint density at radius 3 is 3.06 bits per heavy atom. The van der Waals surface area contributed by atoms with Crippen molar-refractivity contribution in [2.75, 3.05) is 19.8 Å². The van der Waals surface area contributed by atoms with Gasteiger partial charge in [-0.05, 0) is 26.3 Å². The summed E-state index contributed by atoms with van der Waals surface area (Å²) in [7, 11) is 0. The second-order valence-corrected chi connectivity index (χ2v) is 4.55. The number of ether oxygens (including phenoxy) is 2. The van der Waals surface area contributed by atoms with E-state index in [4.69, 9.17) is 9.47 Å². The van der Waals surface area contributed by atoms with Crippen molar-refractivity contribution in [1.82, 2.24) is 4.98 Å². The van der Waals surface area contributed by atoms with Crippen LogP contribution in [0.2, 0.25) is 0 Å². The molecule has 0 saturated carbocycles. The first-order chi connectivity index (χ1) is 8.14. The van der Waals surface area contributed by atoms with E-state index in [-0.39, 0.29) is 5.92 Å². The van der Waals surface area contributed by atoms with E-state index < -0.39 is 5.60 Å². The highest BCUT2D eigenvalue weighted by atomic mass is 16.5. The molecule has 0 aliphatic carbocycles. The molecule has 1 fully saturated rings. The van der Waals surface area contributed by atoms with Crippen LogP contribution in [0.15, 0.2) is 18.5 Å². The normalized spacial score (nSPS) is 23.4. The molecule has 0 radical (unpaired) electrons. The highest BCUT2D eigenvalue weighted by Gasteiger charge is 2.36. The van der Waals surface area contributed by atoms with Crippen molar-refractivity contribution in [2.24, 2.45) is 5.92 Å². The van der Waals surface area contributed by atoms with Gasteiger partial charge in [0.15, 0.2) is 0 Å². The van der Waals surface area contributed by atoms with Crippen LogP contribution in [0.5, 0.6) is 5.75 Å². The maximum atomic E-state index is 10.6. The van der Waals surface area contributed by atoms with Gasteiger partial charge < -0.3 is 14.6 Å². The highest BCUT2D eigenvalue weighted by Crippen LogP contribution is 2.35. The Kier molecular flexibility index (Phi) is 3.64. The van der Waals surface area contributed by atoms with Crippen LogP contribution in [-0.2, 0) is 10.3 Å². The number of hydrogen-bond donors (Lipinski definition) is 1. The molecule has 1 aromatic rings. The molecule has 2 atom stereocenters. The summed E-state index contributed by atoms with van der Waals surface area (Å²) in [6.07, 6.45) is 4.24. The molecule has 0 bridgehead atoms. The second-order valence-electron chi connectivity index (χ2n) is 4.55. The van der Waals surface area contributed by atoms with Crippen molar-refractivity contribution in [3.63, 3.8) is 0 Å². The Hall–Kier alpha value is -1.13. The Morgan fingerprint density at radius 2 is 2.41 bits per heavy atom. The van der Waals surface area contributed by atoms with E-state index in [1.807, 2.05) is 19.9 Å². The van der Waals surface area contributed by atoms with Crippen molar-refractivity contribution < 1.29 is 14.6 Å². The minimum absolute atomic E-state index is 0.126. The molecule has 0 aromatic carbocycles. The maximum Gasteiger partial charge on any atom is 0.137 e. The van der Waals surface area contributed by atoms with Gasteiger partial charge >= 0.3 is 0 Å². The molecule has 94 valence electrons. The zero-order chi connectivity index (χ0) is 12.3. The van der Waals surface area contributed by atoms with Gasteiger partial charge in [0.2, 0.25) is 0 Å². The lowest BCUT2D eigenvalue weighted by Gasteiger charge is -2.29. The average molecular weight is 237 g/mol. The lowest BCUT2D eigenvalue weighted by molar-refractivity contribution is -0.0102. The van der Waals surface area contributed by atoms with Gasteiger partial charge in [0.1, 0.15) is 5.75 Å². The van der Waals surface area contributed by atoms with Crippen molar-refractivity contribution in [3.8, 4) is 5.75 Å². The summed E-state index contributed by atoms with van der Waals surface area (Å²) in [5, 5.41) is 10.6. The molecule has 1 aromatic heterocycles. The molecule has 2 heterocycles. The fraction of sp³-hybridized carbons (Fsp3) is 0.615. The van der Waals surface area contributed by atoms with Crippen LogP contribution in [0.3, 0.4) is 0 Å². The fourth-order valence-electron chi connectivity index (χ4n) is 2.15.